The van der Waals surface area contributed by atoms with Crippen LogP contribution in [0, 0.1) is 5.82 Å². The number of hydrazine groups is 1. The number of hydrogen-bond donors (Lipinski definition) is 2. The fraction of sp³-hybridized carbons (Fsp3) is 0.227. The molecule has 2 aromatic carbocycles. The minimum Gasteiger partial charge on any atom is -0.490 e. The zero-order valence-electron chi connectivity index (χ0n) is 17.2. The number of para-hydroxylation sites is 2. The molecule has 0 unspecified atom stereocenters. The van der Waals surface area contributed by atoms with E-state index in [4.69, 9.17) is 9.47 Å². The van der Waals surface area contributed by atoms with E-state index in [9.17, 15) is 14.0 Å². The highest BCUT2D eigenvalue weighted by molar-refractivity contribution is 5.96. The molecule has 3 rings (SSSR count). The summed E-state index contributed by atoms with van der Waals surface area (Å²) in [7, 11) is 0. The number of halogens is 1. The standard InChI is InChI=1S/C22H23FN4O4/c1-3-18-17(13-24-27(18)16-11-9-15(23)10-12-16)22(29)26-25-21(28)14-31-20-8-6-5-7-19(20)30-4-2/h5-13H,3-4,14H2,1-2H3,(H,25,28)(H,26,29). The molecule has 0 aliphatic heterocycles. The molecule has 1 aromatic heterocycles. The second-order valence-corrected chi connectivity index (χ2v) is 6.42. The first-order valence-electron chi connectivity index (χ1n) is 9.80. The third kappa shape index (κ3) is 5.39. The van der Waals surface area contributed by atoms with Gasteiger partial charge >= 0.3 is 0 Å². The van der Waals surface area contributed by atoms with Crippen LogP contribution in [0.25, 0.3) is 5.69 Å². The Morgan fingerprint density at radius 2 is 1.68 bits per heavy atom. The average molecular weight is 426 g/mol. The maximum atomic E-state index is 13.2. The SMILES string of the molecule is CCOc1ccccc1OCC(=O)NNC(=O)c1cnn(-c2ccc(F)cc2)c1CC. The van der Waals surface area contributed by atoms with Gasteiger partial charge in [0.1, 0.15) is 5.82 Å². The summed E-state index contributed by atoms with van der Waals surface area (Å²) in [5, 5.41) is 4.22. The summed E-state index contributed by atoms with van der Waals surface area (Å²) < 4.78 is 25.6. The highest BCUT2D eigenvalue weighted by Crippen LogP contribution is 2.26. The van der Waals surface area contributed by atoms with E-state index in [0.29, 0.717) is 41.5 Å². The van der Waals surface area contributed by atoms with Crippen LogP contribution < -0.4 is 20.3 Å². The van der Waals surface area contributed by atoms with Crippen LogP contribution in [0.4, 0.5) is 4.39 Å². The molecule has 2 N–H and O–H groups in total. The summed E-state index contributed by atoms with van der Waals surface area (Å²) in [5.41, 5.74) is 6.23. The van der Waals surface area contributed by atoms with Crippen molar-refractivity contribution in [2.75, 3.05) is 13.2 Å². The van der Waals surface area contributed by atoms with Crippen LogP contribution in [0.2, 0.25) is 0 Å². The van der Waals surface area contributed by atoms with Crippen molar-refractivity contribution in [3.63, 3.8) is 0 Å². The molecule has 162 valence electrons. The Morgan fingerprint density at radius 1 is 1.00 bits per heavy atom. The first kappa shape index (κ1) is 21.8. The van der Waals surface area contributed by atoms with Gasteiger partial charge in [0, 0.05) is 0 Å². The Labute approximate surface area is 178 Å². The first-order chi connectivity index (χ1) is 15.0. The second kappa shape index (κ2) is 10.2. The molecule has 0 saturated carbocycles. The van der Waals surface area contributed by atoms with E-state index in [1.165, 1.54) is 18.3 Å². The molecule has 0 bridgehead atoms. The fourth-order valence-corrected chi connectivity index (χ4v) is 2.93. The van der Waals surface area contributed by atoms with Gasteiger partial charge in [-0.2, -0.15) is 5.10 Å². The van der Waals surface area contributed by atoms with Gasteiger partial charge in [0.05, 0.1) is 29.7 Å². The molecule has 8 nitrogen and oxygen atoms in total. The number of rotatable bonds is 8. The summed E-state index contributed by atoms with van der Waals surface area (Å²) in [6, 6.07) is 12.8. The number of carbonyl (C=O) groups is 2. The molecule has 9 heteroatoms. The van der Waals surface area contributed by atoms with E-state index in [-0.39, 0.29) is 12.4 Å². The summed E-state index contributed by atoms with van der Waals surface area (Å²) in [4.78, 5) is 24.6. The molecular formula is C22H23FN4O4. The van der Waals surface area contributed by atoms with Crippen molar-refractivity contribution in [2.24, 2.45) is 0 Å². The highest BCUT2D eigenvalue weighted by atomic mass is 19.1. The van der Waals surface area contributed by atoms with E-state index in [0.717, 1.165) is 0 Å². The third-order valence-electron chi connectivity index (χ3n) is 4.34. The van der Waals surface area contributed by atoms with Crippen LogP contribution in [-0.2, 0) is 11.2 Å². The summed E-state index contributed by atoms with van der Waals surface area (Å²) in [6.07, 6.45) is 1.91. The minimum absolute atomic E-state index is 0.301. The summed E-state index contributed by atoms with van der Waals surface area (Å²) in [6.45, 7) is 3.88. The van der Waals surface area contributed by atoms with Crippen LogP contribution in [-0.4, -0.2) is 34.8 Å². The predicted octanol–water partition coefficient (Wildman–Crippen LogP) is 2.81. The van der Waals surface area contributed by atoms with E-state index < -0.39 is 11.8 Å². The molecule has 0 fully saturated rings. The number of carbonyl (C=O) groups excluding carboxylic acids is 2. The normalized spacial score (nSPS) is 10.4. The van der Waals surface area contributed by atoms with Crippen molar-refractivity contribution in [1.82, 2.24) is 20.6 Å². The number of nitrogens with one attached hydrogen (secondary N) is 2. The van der Waals surface area contributed by atoms with Crippen molar-refractivity contribution in [2.45, 2.75) is 20.3 Å². The maximum absolute atomic E-state index is 13.2. The van der Waals surface area contributed by atoms with Crippen LogP contribution >= 0.6 is 0 Å². The van der Waals surface area contributed by atoms with Crippen LogP contribution in [0.3, 0.4) is 0 Å². The van der Waals surface area contributed by atoms with Gasteiger partial charge in [-0.05, 0) is 49.7 Å². The van der Waals surface area contributed by atoms with E-state index in [1.54, 1.807) is 41.1 Å². The second-order valence-electron chi connectivity index (χ2n) is 6.42. The van der Waals surface area contributed by atoms with Gasteiger partial charge in [-0.1, -0.05) is 19.1 Å². The zero-order valence-corrected chi connectivity index (χ0v) is 17.2. The molecule has 31 heavy (non-hydrogen) atoms. The lowest BCUT2D eigenvalue weighted by Gasteiger charge is -2.12. The van der Waals surface area contributed by atoms with Gasteiger partial charge in [-0.15, -0.1) is 0 Å². The lowest BCUT2D eigenvalue weighted by atomic mass is 10.2. The van der Waals surface area contributed by atoms with E-state index in [1.807, 2.05) is 13.8 Å². The van der Waals surface area contributed by atoms with Crippen molar-refractivity contribution >= 4 is 11.8 Å². The minimum atomic E-state index is -0.538. The first-order valence-corrected chi connectivity index (χ1v) is 9.80. The summed E-state index contributed by atoms with van der Waals surface area (Å²) >= 11 is 0. The Morgan fingerprint density at radius 3 is 2.32 bits per heavy atom. The topological polar surface area (TPSA) is 94.5 Å². The van der Waals surface area contributed by atoms with Gasteiger partial charge in [-0.25, -0.2) is 9.07 Å². The highest BCUT2D eigenvalue weighted by Gasteiger charge is 2.18. The Kier molecular flexibility index (Phi) is 7.21. The Bertz CT molecular complexity index is 1050. The molecule has 1 heterocycles. The number of aromatic nitrogens is 2. The largest absolute Gasteiger partial charge is 0.490 e. The van der Waals surface area contributed by atoms with Crippen LogP contribution in [0.5, 0.6) is 11.5 Å². The monoisotopic (exact) mass is 426 g/mol. The maximum Gasteiger partial charge on any atom is 0.276 e. The molecule has 3 aromatic rings. The number of nitrogens with zero attached hydrogens (tertiary/aromatic N) is 2. The Balaban J connectivity index is 1.59. The number of ether oxygens (including phenoxy) is 2. The van der Waals surface area contributed by atoms with Gasteiger partial charge in [0.15, 0.2) is 18.1 Å². The molecule has 0 radical (unpaired) electrons. The summed E-state index contributed by atoms with van der Waals surface area (Å²) in [5.74, 6) is -0.458. The van der Waals surface area contributed by atoms with Gasteiger partial charge in [0.2, 0.25) is 0 Å². The number of amides is 2. The lowest BCUT2D eigenvalue weighted by Crippen LogP contribution is -2.44. The van der Waals surface area contributed by atoms with Crippen LogP contribution in [0.15, 0.2) is 54.7 Å². The smallest absolute Gasteiger partial charge is 0.276 e. The van der Waals surface area contributed by atoms with E-state index in [2.05, 4.69) is 16.0 Å². The van der Waals surface area contributed by atoms with E-state index >= 15 is 0 Å². The Hall–Kier alpha value is -3.88. The van der Waals surface area contributed by atoms with Gasteiger partial charge in [-0.3, -0.25) is 20.4 Å². The van der Waals surface area contributed by atoms with Crippen molar-refractivity contribution in [1.29, 1.82) is 0 Å². The van der Waals surface area contributed by atoms with Crippen molar-refractivity contribution in [3.05, 3.63) is 71.8 Å². The third-order valence-corrected chi connectivity index (χ3v) is 4.34. The van der Waals surface area contributed by atoms with Gasteiger partial charge < -0.3 is 9.47 Å². The molecule has 0 spiro atoms. The number of hydrogen-bond acceptors (Lipinski definition) is 5. The molecule has 0 aliphatic carbocycles. The fourth-order valence-electron chi connectivity index (χ4n) is 2.93. The predicted molar refractivity (Wildman–Crippen MR) is 112 cm³/mol. The quantitative estimate of drug-likeness (QED) is 0.540. The van der Waals surface area contributed by atoms with Gasteiger partial charge in [0.25, 0.3) is 11.8 Å². The molecule has 0 atom stereocenters. The molecule has 0 saturated heterocycles. The molecule has 0 aliphatic rings. The van der Waals surface area contributed by atoms with Crippen molar-refractivity contribution in [3.8, 4) is 17.2 Å². The lowest BCUT2D eigenvalue weighted by molar-refractivity contribution is -0.123. The van der Waals surface area contributed by atoms with Crippen LogP contribution in [0.1, 0.15) is 29.9 Å². The van der Waals surface area contributed by atoms with Crippen molar-refractivity contribution < 1.29 is 23.5 Å². The number of benzene rings is 2. The zero-order chi connectivity index (χ0) is 22.2. The average Bonchev–Trinajstić information content (AvgIpc) is 3.22. The molecular weight excluding hydrogens is 403 g/mol. The molecule has 2 amide bonds.